The highest BCUT2D eigenvalue weighted by Crippen LogP contribution is 2.31. The summed E-state index contributed by atoms with van der Waals surface area (Å²) in [4.78, 5) is 12.8. The molecule has 20 heavy (non-hydrogen) atoms. The van der Waals surface area contributed by atoms with E-state index in [0.717, 1.165) is 23.9 Å². The van der Waals surface area contributed by atoms with Gasteiger partial charge in [0.15, 0.2) is 0 Å². The summed E-state index contributed by atoms with van der Waals surface area (Å²) in [6, 6.07) is 11.8. The number of benzene rings is 1. The lowest BCUT2D eigenvalue weighted by atomic mass is 10.2. The molecule has 2 aromatic heterocycles. The maximum atomic E-state index is 12.8. The van der Waals surface area contributed by atoms with Crippen LogP contribution in [0.5, 0.6) is 0 Å². The topological polar surface area (TPSA) is 46.6 Å². The summed E-state index contributed by atoms with van der Waals surface area (Å²) in [5.41, 5.74) is 2.71. The van der Waals surface area contributed by atoms with E-state index >= 15 is 0 Å². The first-order valence-corrected chi connectivity index (χ1v) is 7.04. The number of rotatable bonds is 1. The zero-order valence-electron chi connectivity index (χ0n) is 11.1. The van der Waals surface area contributed by atoms with Crippen molar-refractivity contribution < 1.29 is 5.11 Å². The van der Waals surface area contributed by atoms with Crippen LogP contribution in [0.2, 0.25) is 0 Å². The average Bonchev–Trinajstić information content (AvgIpc) is 3.08. The van der Waals surface area contributed by atoms with Gasteiger partial charge in [-0.25, -0.2) is 0 Å². The van der Waals surface area contributed by atoms with E-state index in [1.54, 1.807) is 0 Å². The molecule has 1 aromatic carbocycles. The van der Waals surface area contributed by atoms with Crippen molar-refractivity contribution in [2.24, 2.45) is 0 Å². The molecule has 0 spiro atoms. The molecule has 1 aliphatic carbocycles. The van der Waals surface area contributed by atoms with Crippen molar-refractivity contribution >= 4 is 16.6 Å². The second-order valence-corrected chi connectivity index (χ2v) is 5.55. The van der Waals surface area contributed by atoms with E-state index in [9.17, 15) is 9.90 Å². The SMILES string of the molecule is O=c1c2cccn2c2ccccc2n1C1CCC(O)C1. The van der Waals surface area contributed by atoms with Crippen LogP contribution in [-0.4, -0.2) is 20.2 Å². The van der Waals surface area contributed by atoms with E-state index in [0.29, 0.717) is 11.9 Å². The van der Waals surface area contributed by atoms with Crippen LogP contribution < -0.4 is 5.56 Å². The first kappa shape index (κ1) is 11.7. The maximum absolute atomic E-state index is 12.8. The zero-order chi connectivity index (χ0) is 13.7. The van der Waals surface area contributed by atoms with Crippen molar-refractivity contribution in [2.75, 3.05) is 0 Å². The largest absolute Gasteiger partial charge is 0.393 e. The molecule has 4 nitrogen and oxygen atoms in total. The summed E-state index contributed by atoms with van der Waals surface area (Å²) in [5.74, 6) is 0. The average molecular weight is 268 g/mol. The minimum absolute atomic E-state index is 0.0350. The molecule has 0 aliphatic heterocycles. The summed E-state index contributed by atoms with van der Waals surface area (Å²) < 4.78 is 3.82. The molecular weight excluding hydrogens is 252 g/mol. The van der Waals surface area contributed by atoms with Gasteiger partial charge in [0.1, 0.15) is 5.52 Å². The highest BCUT2D eigenvalue weighted by atomic mass is 16.3. The molecule has 102 valence electrons. The molecule has 1 saturated carbocycles. The fourth-order valence-electron chi connectivity index (χ4n) is 3.40. The first-order chi connectivity index (χ1) is 9.75. The molecule has 2 unspecified atom stereocenters. The standard InChI is InChI=1S/C16H16N2O2/c19-12-8-7-11(10-12)18-14-5-2-1-4-13(14)17-9-3-6-15(17)16(18)20/h1-6,9,11-12,19H,7-8,10H2. The number of fused-ring (bicyclic) bond motifs is 3. The first-order valence-electron chi connectivity index (χ1n) is 7.04. The number of hydrogen-bond acceptors (Lipinski definition) is 2. The third-order valence-corrected chi connectivity index (χ3v) is 4.33. The highest BCUT2D eigenvalue weighted by Gasteiger charge is 2.26. The summed E-state index contributed by atoms with van der Waals surface area (Å²) >= 11 is 0. The Kier molecular flexibility index (Phi) is 2.47. The molecule has 0 saturated heterocycles. The normalized spacial score (nSPS) is 22.9. The third-order valence-electron chi connectivity index (χ3n) is 4.33. The van der Waals surface area contributed by atoms with Gasteiger partial charge >= 0.3 is 0 Å². The molecule has 1 aliphatic rings. The Labute approximate surface area is 115 Å². The second kappa shape index (κ2) is 4.21. The fourth-order valence-corrected chi connectivity index (χ4v) is 3.40. The zero-order valence-corrected chi connectivity index (χ0v) is 11.1. The summed E-state index contributed by atoms with van der Waals surface area (Å²) in [6.45, 7) is 0. The second-order valence-electron chi connectivity index (χ2n) is 5.55. The van der Waals surface area contributed by atoms with Gasteiger partial charge in [0, 0.05) is 12.2 Å². The van der Waals surface area contributed by atoms with Gasteiger partial charge < -0.3 is 14.1 Å². The number of aromatic nitrogens is 2. The molecule has 4 rings (SSSR count). The van der Waals surface area contributed by atoms with E-state index < -0.39 is 0 Å². The summed E-state index contributed by atoms with van der Waals surface area (Å²) in [5, 5.41) is 9.78. The predicted molar refractivity (Wildman–Crippen MR) is 78.1 cm³/mol. The minimum atomic E-state index is -0.284. The van der Waals surface area contributed by atoms with Crippen LogP contribution in [0.1, 0.15) is 25.3 Å². The molecule has 1 N–H and O–H groups in total. The van der Waals surface area contributed by atoms with Crippen LogP contribution in [0.15, 0.2) is 47.4 Å². The smallest absolute Gasteiger partial charge is 0.275 e. The van der Waals surface area contributed by atoms with E-state index in [-0.39, 0.29) is 17.7 Å². The quantitative estimate of drug-likeness (QED) is 0.736. The monoisotopic (exact) mass is 268 g/mol. The molecule has 0 radical (unpaired) electrons. The molecular formula is C16H16N2O2. The van der Waals surface area contributed by atoms with Crippen LogP contribution in [0, 0.1) is 0 Å². The van der Waals surface area contributed by atoms with Gasteiger partial charge in [0.05, 0.1) is 17.1 Å². The van der Waals surface area contributed by atoms with Gasteiger partial charge in [0.25, 0.3) is 5.56 Å². The summed E-state index contributed by atoms with van der Waals surface area (Å²) in [6.07, 6.45) is 3.95. The molecule has 4 heteroatoms. The van der Waals surface area contributed by atoms with Crippen LogP contribution in [0.3, 0.4) is 0 Å². The third kappa shape index (κ3) is 1.55. The van der Waals surface area contributed by atoms with Crippen LogP contribution in [0.4, 0.5) is 0 Å². The number of aliphatic hydroxyl groups is 1. The van der Waals surface area contributed by atoms with Gasteiger partial charge in [-0.2, -0.15) is 0 Å². The Morgan fingerprint density at radius 1 is 1.00 bits per heavy atom. The van der Waals surface area contributed by atoms with Gasteiger partial charge in [0.2, 0.25) is 0 Å². The lowest BCUT2D eigenvalue weighted by Crippen LogP contribution is -2.26. The Morgan fingerprint density at radius 3 is 2.50 bits per heavy atom. The van der Waals surface area contributed by atoms with Gasteiger partial charge in [-0.3, -0.25) is 4.79 Å². The number of para-hydroxylation sites is 2. The van der Waals surface area contributed by atoms with Crippen LogP contribution in [-0.2, 0) is 0 Å². The molecule has 2 atom stereocenters. The Morgan fingerprint density at radius 2 is 1.75 bits per heavy atom. The van der Waals surface area contributed by atoms with Crippen LogP contribution in [0.25, 0.3) is 16.6 Å². The van der Waals surface area contributed by atoms with E-state index in [4.69, 9.17) is 0 Å². The van der Waals surface area contributed by atoms with Gasteiger partial charge in [-0.15, -0.1) is 0 Å². The maximum Gasteiger partial charge on any atom is 0.275 e. The lowest BCUT2D eigenvalue weighted by molar-refractivity contribution is 0.178. The Hall–Kier alpha value is -2.07. The van der Waals surface area contributed by atoms with Crippen molar-refractivity contribution in [1.29, 1.82) is 0 Å². The molecule has 2 heterocycles. The van der Waals surface area contributed by atoms with Crippen molar-refractivity contribution in [3.05, 3.63) is 52.9 Å². The van der Waals surface area contributed by atoms with Gasteiger partial charge in [-0.1, -0.05) is 12.1 Å². The van der Waals surface area contributed by atoms with E-state index in [2.05, 4.69) is 0 Å². The number of nitrogens with zero attached hydrogens (tertiary/aromatic N) is 2. The van der Waals surface area contributed by atoms with Crippen molar-refractivity contribution in [2.45, 2.75) is 31.4 Å². The van der Waals surface area contributed by atoms with E-state index in [1.807, 2.05) is 51.6 Å². The van der Waals surface area contributed by atoms with Crippen molar-refractivity contribution in [3.63, 3.8) is 0 Å². The van der Waals surface area contributed by atoms with Crippen molar-refractivity contribution in [1.82, 2.24) is 8.97 Å². The molecule has 0 amide bonds. The fraction of sp³-hybridized carbons (Fsp3) is 0.312. The molecule has 0 bridgehead atoms. The molecule has 1 fully saturated rings. The minimum Gasteiger partial charge on any atom is -0.393 e. The van der Waals surface area contributed by atoms with Gasteiger partial charge in [-0.05, 0) is 43.5 Å². The molecule has 3 aromatic rings. The number of hydrogen-bond donors (Lipinski definition) is 1. The Bertz CT molecular complexity index is 846. The van der Waals surface area contributed by atoms with E-state index in [1.165, 1.54) is 0 Å². The highest BCUT2D eigenvalue weighted by molar-refractivity contribution is 5.79. The van der Waals surface area contributed by atoms with Crippen LogP contribution >= 0.6 is 0 Å². The lowest BCUT2D eigenvalue weighted by Gasteiger charge is -2.18. The number of aliphatic hydroxyl groups excluding tert-OH is 1. The predicted octanol–water partition coefficient (Wildman–Crippen LogP) is 2.34. The Balaban J connectivity index is 2.11. The van der Waals surface area contributed by atoms with Crippen molar-refractivity contribution in [3.8, 4) is 0 Å². The summed E-state index contributed by atoms with van der Waals surface area (Å²) in [7, 11) is 0.